The van der Waals surface area contributed by atoms with Gasteiger partial charge in [0.15, 0.2) is 12.1 Å². The Morgan fingerprint density at radius 2 is 1.83 bits per heavy atom. The molecule has 2 heterocycles. The van der Waals surface area contributed by atoms with Crippen LogP contribution < -0.4 is 5.73 Å². The van der Waals surface area contributed by atoms with Crippen molar-refractivity contribution in [3.8, 4) is 0 Å². The Balaban J connectivity index is 1.69. The summed E-state index contributed by atoms with van der Waals surface area (Å²) >= 11 is 0. The molecule has 1 aliphatic heterocycles. The number of aliphatic hydroxyl groups is 1. The van der Waals surface area contributed by atoms with E-state index in [-0.39, 0.29) is 12.5 Å². The Hall–Kier alpha value is -3.48. The molecular formula is C23H19N4O2. The van der Waals surface area contributed by atoms with Crippen LogP contribution in [0.4, 0.5) is 0 Å². The van der Waals surface area contributed by atoms with E-state index in [1.165, 1.54) is 4.90 Å². The molecule has 1 amide bonds. The van der Waals surface area contributed by atoms with Gasteiger partial charge in [0.2, 0.25) is 0 Å². The van der Waals surface area contributed by atoms with Crippen molar-refractivity contribution >= 4 is 16.9 Å². The number of nitrogens with zero attached hydrogens (tertiary/aromatic N) is 2. The van der Waals surface area contributed by atoms with Crippen molar-refractivity contribution in [2.45, 2.75) is 18.8 Å². The van der Waals surface area contributed by atoms with E-state index >= 15 is 0 Å². The Morgan fingerprint density at radius 1 is 1.07 bits per heavy atom. The predicted octanol–water partition coefficient (Wildman–Crippen LogP) is 2.67. The van der Waals surface area contributed by atoms with Crippen molar-refractivity contribution in [2.75, 3.05) is 0 Å². The number of nitrogens with two attached hydrogens (primary N) is 1. The van der Waals surface area contributed by atoms with E-state index in [1.807, 2.05) is 42.5 Å². The number of H-pyrrole nitrogens is 1. The van der Waals surface area contributed by atoms with Crippen molar-refractivity contribution in [3.05, 3.63) is 101 Å². The van der Waals surface area contributed by atoms with E-state index in [9.17, 15) is 9.90 Å². The standard InChI is InChI=1S/C23H19N4O2/c24-12-15-5-1-2-6-16(15)13-27-22(28)18-7-3-4-8-19(18)23(27,29)17-9-10-20-21(11-17)26-14-25-20/h1-11,29H,12-13,24H2,(H,25,26). The maximum absolute atomic E-state index is 13.3. The van der Waals surface area contributed by atoms with Crippen molar-refractivity contribution in [3.63, 3.8) is 0 Å². The van der Waals surface area contributed by atoms with Gasteiger partial charge in [0.1, 0.15) is 0 Å². The zero-order valence-electron chi connectivity index (χ0n) is 15.6. The number of carbonyl (C=O) groups is 1. The molecule has 1 radical (unpaired) electrons. The van der Waals surface area contributed by atoms with Crippen LogP contribution in [0.25, 0.3) is 11.0 Å². The van der Waals surface area contributed by atoms with Crippen molar-refractivity contribution in [2.24, 2.45) is 5.73 Å². The summed E-state index contributed by atoms with van der Waals surface area (Å²) in [6.45, 7) is 0.598. The van der Waals surface area contributed by atoms with Gasteiger partial charge >= 0.3 is 0 Å². The Kier molecular flexibility index (Phi) is 3.97. The van der Waals surface area contributed by atoms with Gasteiger partial charge in [-0.25, -0.2) is 4.98 Å². The topological polar surface area (TPSA) is 95.2 Å². The Bertz CT molecular complexity index is 1230. The van der Waals surface area contributed by atoms with Crippen LogP contribution in [0, 0.1) is 6.33 Å². The average molecular weight is 383 g/mol. The second kappa shape index (κ2) is 6.55. The SMILES string of the molecule is NCc1ccccc1CN1C(=O)c2ccccc2C1(O)c1ccc2[nH][c]nc2c1. The quantitative estimate of drug-likeness (QED) is 0.505. The summed E-state index contributed by atoms with van der Waals surface area (Å²) in [7, 11) is 0. The first-order valence-corrected chi connectivity index (χ1v) is 9.40. The fourth-order valence-corrected chi connectivity index (χ4v) is 4.09. The number of aromatic nitrogens is 2. The van der Waals surface area contributed by atoms with Gasteiger partial charge in [-0.05, 0) is 29.3 Å². The monoisotopic (exact) mass is 383 g/mol. The van der Waals surface area contributed by atoms with E-state index in [4.69, 9.17) is 5.73 Å². The lowest BCUT2D eigenvalue weighted by Crippen LogP contribution is -2.44. The van der Waals surface area contributed by atoms with E-state index in [0.717, 1.165) is 16.6 Å². The van der Waals surface area contributed by atoms with Crippen molar-refractivity contribution in [1.29, 1.82) is 0 Å². The molecule has 0 spiro atoms. The predicted molar refractivity (Wildman–Crippen MR) is 109 cm³/mol. The van der Waals surface area contributed by atoms with Crippen molar-refractivity contribution in [1.82, 2.24) is 14.9 Å². The van der Waals surface area contributed by atoms with Crippen molar-refractivity contribution < 1.29 is 9.90 Å². The van der Waals surface area contributed by atoms with Gasteiger partial charge in [-0.1, -0.05) is 48.5 Å². The first kappa shape index (κ1) is 17.6. The molecule has 0 saturated carbocycles. The lowest BCUT2D eigenvalue weighted by Gasteiger charge is -2.35. The van der Waals surface area contributed by atoms with Crippen LogP contribution in [0.5, 0.6) is 0 Å². The molecule has 1 aromatic heterocycles. The summed E-state index contributed by atoms with van der Waals surface area (Å²) in [6, 6.07) is 20.3. The van der Waals surface area contributed by atoms with Crippen LogP contribution >= 0.6 is 0 Å². The summed E-state index contributed by atoms with van der Waals surface area (Å²) in [5.41, 5.74) is 9.26. The molecule has 0 aliphatic carbocycles. The van der Waals surface area contributed by atoms with Gasteiger partial charge in [0.25, 0.3) is 5.91 Å². The molecule has 0 bridgehead atoms. The number of carbonyl (C=O) groups excluding carboxylic acids is 1. The second-order valence-electron chi connectivity index (χ2n) is 7.16. The zero-order chi connectivity index (χ0) is 20.0. The summed E-state index contributed by atoms with van der Waals surface area (Å²) in [6.07, 6.45) is 2.71. The normalized spacial score (nSPS) is 18.4. The summed E-state index contributed by atoms with van der Waals surface area (Å²) in [5.74, 6) is -0.219. The highest BCUT2D eigenvalue weighted by Gasteiger charge is 2.49. The van der Waals surface area contributed by atoms with Gasteiger partial charge in [-0.2, -0.15) is 0 Å². The number of rotatable bonds is 4. The van der Waals surface area contributed by atoms with Gasteiger partial charge in [-0.3, -0.25) is 9.69 Å². The molecule has 0 fully saturated rings. The maximum Gasteiger partial charge on any atom is 0.257 e. The molecule has 29 heavy (non-hydrogen) atoms. The van der Waals surface area contributed by atoms with Gasteiger partial charge in [-0.15, -0.1) is 0 Å². The molecule has 6 nitrogen and oxygen atoms in total. The van der Waals surface area contributed by atoms with E-state index in [1.54, 1.807) is 24.3 Å². The third kappa shape index (κ3) is 2.57. The van der Waals surface area contributed by atoms with Crippen LogP contribution in [0.2, 0.25) is 0 Å². The lowest BCUT2D eigenvalue weighted by molar-refractivity contribution is -0.0543. The molecule has 1 unspecified atom stereocenters. The minimum atomic E-state index is -1.61. The molecule has 0 saturated heterocycles. The number of fused-ring (bicyclic) bond motifs is 2. The summed E-state index contributed by atoms with van der Waals surface area (Å²) < 4.78 is 0. The van der Waals surface area contributed by atoms with Gasteiger partial charge in [0.05, 0.1) is 11.0 Å². The van der Waals surface area contributed by atoms with Crippen LogP contribution in [0.15, 0.2) is 66.7 Å². The first-order chi connectivity index (χ1) is 14.1. The average Bonchev–Trinajstić information content (AvgIpc) is 3.32. The maximum atomic E-state index is 13.3. The van der Waals surface area contributed by atoms with Crippen LogP contribution in [0.3, 0.4) is 0 Å². The second-order valence-corrected chi connectivity index (χ2v) is 7.16. The van der Waals surface area contributed by atoms with E-state index in [2.05, 4.69) is 16.3 Å². The number of nitrogens with one attached hydrogen (secondary N) is 1. The number of hydrogen-bond acceptors (Lipinski definition) is 4. The molecule has 3 aromatic carbocycles. The Labute approximate surface area is 167 Å². The number of hydrogen-bond donors (Lipinski definition) is 3. The highest BCUT2D eigenvalue weighted by Crippen LogP contribution is 2.43. The lowest BCUT2D eigenvalue weighted by atomic mass is 9.93. The smallest absolute Gasteiger partial charge is 0.257 e. The minimum Gasteiger partial charge on any atom is -0.363 e. The molecule has 5 rings (SSSR count). The molecule has 143 valence electrons. The Morgan fingerprint density at radius 3 is 2.66 bits per heavy atom. The van der Waals surface area contributed by atoms with Crippen LogP contribution in [-0.4, -0.2) is 25.9 Å². The first-order valence-electron chi connectivity index (χ1n) is 9.40. The summed E-state index contributed by atoms with van der Waals surface area (Å²) in [4.78, 5) is 21.9. The fraction of sp³-hybridized carbons (Fsp3) is 0.130. The largest absolute Gasteiger partial charge is 0.363 e. The van der Waals surface area contributed by atoms with Gasteiger partial charge < -0.3 is 15.8 Å². The number of amides is 1. The molecule has 4 aromatic rings. The summed E-state index contributed by atoms with van der Waals surface area (Å²) in [5, 5.41) is 12.0. The molecule has 4 N–H and O–H groups in total. The highest BCUT2D eigenvalue weighted by molar-refractivity contribution is 6.00. The third-order valence-corrected chi connectivity index (χ3v) is 5.60. The number of aromatic amines is 1. The molecule has 1 aliphatic rings. The minimum absolute atomic E-state index is 0.219. The van der Waals surface area contributed by atoms with Crippen LogP contribution in [0.1, 0.15) is 32.6 Å². The highest BCUT2D eigenvalue weighted by atomic mass is 16.3. The zero-order valence-corrected chi connectivity index (χ0v) is 15.6. The van der Waals surface area contributed by atoms with E-state index in [0.29, 0.717) is 28.8 Å². The molecule has 6 heteroatoms. The number of imidazole rings is 1. The van der Waals surface area contributed by atoms with Crippen LogP contribution in [-0.2, 0) is 18.8 Å². The third-order valence-electron chi connectivity index (χ3n) is 5.60. The van der Waals surface area contributed by atoms with Gasteiger partial charge in [0, 0.05) is 29.8 Å². The number of benzene rings is 3. The molecule has 1 atom stereocenters. The van der Waals surface area contributed by atoms with E-state index < -0.39 is 5.72 Å². The fourth-order valence-electron chi connectivity index (χ4n) is 4.09. The molecular weight excluding hydrogens is 364 g/mol.